The van der Waals surface area contributed by atoms with Crippen LogP contribution in [0, 0.1) is 0 Å². The average molecular weight is 252 g/mol. The fourth-order valence-electron chi connectivity index (χ4n) is 1.32. The third kappa shape index (κ3) is 3.32. The van der Waals surface area contributed by atoms with Crippen molar-refractivity contribution in [2.45, 2.75) is 52.2 Å². The summed E-state index contributed by atoms with van der Waals surface area (Å²) < 4.78 is 0. The van der Waals surface area contributed by atoms with Gasteiger partial charge in [0.15, 0.2) is 0 Å². The summed E-state index contributed by atoms with van der Waals surface area (Å²) in [4.78, 5) is 8.76. The maximum Gasteiger partial charge on any atom is 0.132 e. The molecule has 0 radical (unpaired) electrons. The number of anilines is 2. The molecule has 1 aromatic heterocycles. The van der Waals surface area contributed by atoms with Crippen LogP contribution < -0.4 is 10.6 Å². The van der Waals surface area contributed by atoms with Crippen LogP contribution >= 0.6 is 0 Å². The Kier molecular flexibility index (Phi) is 4.16. The third-order valence-electron chi connectivity index (χ3n) is 3.31. The van der Waals surface area contributed by atoms with Gasteiger partial charge in [-0.2, -0.15) is 0 Å². The highest BCUT2D eigenvalue weighted by Crippen LogP contribution is 2.25. The molecule has 0 spiro atoms. The summed E-state index contributed by atoms with van der Waals surface area (Å²) in [6, 6.07) is 1.84. The van der Waals surface area contributed by atoms with Gasteiger partial charge < -0.3 is 15.7 Å². The first-order valence-corrected chi connectivity index (χ1v) is 6.26. The summed E-state index contributed by atoms with van der Waals surface area (Å²) in [5, 5.41) is 16.4. The van der Waals surface area contributed by atoms with E-state index < -0.39 is 11.1 Å². The van der Waals surface area contributed by atoms with E-state index in [1.54, 1.807) is 13.8 Å². The van der Waals surface area contributed by atoms with E-state index in [0.29, 0.717) is 0 Å². The Morgan fingerprint density at radius 2 is 1.72 bits per heavy atom. The minimum Gasteiger partial charge on any atom is -0.388 e. The summed E-state index contributed by atoms with van der Waals surface area (Å²) in [5.74, 6) is 2.27. The molecule has 0 saturated carbocycles. The van der Waals surface area contributed by atoms with Gasteiger partial charge in [0.05, 0.1) is 11.1 Å². The second kappa shape index (κ2) is 5.10. The molecule has 1 heterocycles. The molecule has 0 saturated heterocycles. The molecule has 3 N–H and O–H groups in total. The van der Waals surface area contributed by atoms with Crippen LogP contribution in [-0.2, 0) is 6.42 Å². The zero-order valence-corrected chi connectivity index (χ0v) is 12.1. The van der Waals surface area contributed by atoms with E-state index in [0.717, 1.165) is 23.9 Å². The second-order valence-corrected chi connectivity index (χ2v) is 5.47. The first kappa shape index (κ1) is 14.7. The van der Waals surface area contributed by atoms with Crippen molar-refractivity contribution < 1.29 is 5.11 Å². The first-order valence-electron chi connectivity index (χ1n) is 6.26. The second-order valence-electron chi connectivity index (χ2n) is 5.47. The van der Waals surface area contributed by atoms with Crippen LogP contribution in [-0.4, -0.2) is 33.3 Å². The average Bonchev–Trinajstić information content (AvgIpc) is 2.26. The van der Waals surface area contributed by atoms with Crippen molar-refractivity contribution in [2.24, 2.45) is 0 Å². The molecule has 0 atom stereocenters. The van der Waals surface area contributed by atoms with Crippen LogP contribution in [0.3, 0.4) is 0 Å². The zero-order chi connectivity index (χ0) is 14.0. The predicted molar refractivity (Wildman–Crippen MR) is 75.0 cm³/mol. The van der Waals surface area contributed by atoms with Gasteiger partial charge in [0.2, 0.25) is 0 Å². The van der Waals surface area contributed by atoms with Crippen molar-refractivity contribution in [2.75, 3.05) is 17.7 Å². The van der Waals surface area contributed by atoms with Crippen LogP contribution in [0.25, 0.3) is 0 Å². The summed E-state index contributed by atoms with van der Waals surface area (Å²) in [5.41, 5.74) is -1.35. The molecular formula is C13H24N4O. The first-order chi connectivity index (χ1) is 8.19. The van der Waals surface area contributed by atoms with Crippen LogP contribution in [0.15, 0.2) is 6.07 Å². The van der Waals surface area contributed by atoms with Gasteiger partial charge in [-0.05, 0) is 27.7 Å². The van der Waals surface area contributed by atoms with Crippen LogP contribution in [0.5, 0.6) is 0 Å². The molecule has 1 rings (SSSR count). The fourth-order valence-corrected chi connectivity index (χ4v) is 1.32. The maximum absolute atomic E-state index is 10.1. The van der Waals surface area contributed by atoms with E-state index in [-0.39, 0.29) is 0 Å². The van der Waals surface area contributed by atoms with Gasteiger partial charge in [0, 0.05) is 19.5 Å². The van der Waals surface area contributed by atoms with Gasteiger partial charge in [-0.3, -0.25) is 0 Å². The third-order valence-corrected chi connectivity index (χ3v) is 3.31. The van der Waals surface area contributed by atoms with Crippen molar-refractivity contribution in [3.8, 4) is 0 Å². The number of nitrogens with zero attached hydrogens (tertiary/aromatic N) is 2. The van der Waals surface area contributed by atoms with E-state index >= 15 is 0 Å². The van der Waals surface area contributed by atoms with Crippen molar-refractivity contribution in [1.29, 1.82) is 0 Å². The highest BCUT2D eigenvalue weighted by atomic mass is 16.3. The van der Waals surface area contributed by atoms with Crippen LogP contribution in [0.2, 0.25) is 0 Å². The number of aliphatic hydroxyl groups is 1. The monoisotopic (exact) mass is 252 g/mol. The van der Waals surface area contributed by atoms with Gasteiger partial charge in [-0.15, -0.1) is 0 Å². The lowest BCUT2D eigenvalue weighted by Crippen LogP contribution is -2.51. The summed E-state index contributed by atoms with van der Waals surface area (Å²) in [7, 11) is 1.83. The number of rotatable bonds is 5. The normalized spacial score (nSPS) is 12.4. The molecule has 0 aliphatic heterocycles. The van der Waals surface area contributed by atoms with Gasteiger partial charge in [0.25, 0.3) is 0 Å². The largest absolute Gasteiger partial charge is 0.388 e. The smallest absolute Gasteiger partial charge is 0.132 e. The van der Waals surface area contributed by atoms with Gasteiger partial charge in [-0.1, -0.05) is 6.92 Å². The minimum atomic E-state index is -0.857. The number of aryl methyl sites for hydroxylation is 1. The zero-order valence-electron chi connectivity index (χ0n) is 12.1. The summed E-state index contributed by atoms with van der Waals surface area (Å²) >= 11 is 0. The van der Waals surface area contributed by atoms with E-state index in [4.69, 9.17) is 0 Å². The Bertz CT molecular complexity index is 388. The van der Waals surface area contributed by atoms with Gasteiger partial charge >= 0.3 is 0 Å². The van der Waals surface area contributed by atoms with Crippen molar-refractivity contribution in [3.63, 3.8) is 0 Å². The van der Waals surface area contributed by atoms with E-state index in [2.05, 4.69) is 20.6 Å². The molecule has 0 amide bonds. The van der Waals surface area contributed by atoms with E-state index in [9.17, 15) is 5.11 Å². The Morgan fingerprint density at radius 1 is 1.17 bits per heavy atom. The fraction of sp³-hybridized carbons (Fsp3) is 0.692. The minimum absolute atomic E-state index is 0.489. The number of hydrogen-bond donors (Lipinski definition) is 3. The molecular weight excluding hydrogens is 228 g/mol. The Balaban J connectivity index is 3.04. The highest BCUT2D eigenvalue weighted by Gasteiger charge is 2.35. The van der Waals surface area contributed by atoms with Crippen LogP contribution in [0.1, 0.15) is 40.4 Å². The summed E-state index contributed by atoms with van der Waals surface area (Å²) in [6.07, 6.45) is 0.771. The lowest BCUT2D eigenvalue weighted by Gasteiger charge is -2.38. The van der Waals surface area contributed by atoms with Crippen molar-refractivity contribution in [1.82, 2.24) is 9.97 Å². The quantitative estimate of drug-likeness (QED) is 0.748. The molecule has 0 bridgehead atoms. The molecule has 18 heavy (non-hydrogen) atoms. The molecule has 102 valence electrons. The predicted octanol–water partition coefficient (Wildman–Crippen LogP) is 2.04. The Morgan fingerprint density at radius 3 is 2.17 bits per heavy atom. The molecule has 0 aliphatic rings. The lowest BCUT2D eigenvalue weighted by atomic mass is 9.86. The van der Waals surface area contributed by atoms with E-state index in [1.165, 1.54) is 0 Å². The van der Waals surface area contributed by atoms with E-state index in [1.807, 2.05) is 33.9 Å². The van der Waals surface area contributed by atoms with Crippen LogP contribution in [0.4, 0.5) is 11.6 Å². The molecule has 5 heteroatoms. The molecule has 0 fully saturated rings. The number of nitrogens with one attached hydrogen (secondary N) is 2. The summed E-state index contributed by atoms with van der Waals surface area (Å²) in [6.45, 7) is 9.46. The Hall–Kier alpha value is -1.36. The van der Waals surface area contributed by atoms with Crippen molar-refractivity contribution >= 4 is 11.6 Å². The molecule has 0 aliphatic carbocycles. The van der Waals surface area contributed by atoms with Crippen molar-refractivity contribution in [3.05, 3.63) is 11.9 Å². The molecule has 0 unspecified atom stereocenters. The molecule has 0 aromatic carbocycles. The van der Waals surface area contributed by atoms with Gasteiger partial charge in [0.1, 0.15) is 17.5 Å². The maximum atomic E-state index is 10.1. The number of hydrogen-bond acceptors (Lipinski definition) is 5. The highest BCUT2D eigenvalue weighted by molar-refractivity contribution is 5.49. The lowest BCUT2D eigenvalue weighted by molar-refractivity contribution is 0.0238. The van der Waals surface area contributed by atoms with Gasteiger partial charge in [-0.25, -0.2) is 9.97 Å². The molecule has 5 nitrogen and oxygen atoms in total. The standard InChI is InChI=1S/C13H24N4O/c1-7-9-15-10(14-6)8-11(16-9)17-12(2,3)13(4,5)18/h8,18H,7H2,1-6H3,(H2,14,15,16,17). The topological polar surface area (TPSA) is 70.1 Å². The number of aromatic nitrogens is 2. The SMILES string of the molecule is CCc1nc(NC)cc(NC(C)(C)C(C)(C)O)n1. The Labute approximate surface area is 109 Å². The molecule has 1 aromatic rings.